The third kappa shape index (κ3) is 8.14. The van der Waals surface area contributed by atoms with Gasteiger partial charge in [0.25, 0.3) is 0 Å². The minimum atomic E-state index is -0.464. The minimum absolute atomic E-state index is 0.0922. The van der Waals surface area contributed by atoms with Gasteiger partial charge in [-0.1, -0.05) is 13.8 Å². The number of carbonyl (C=O) groups is 2. The molecule has 6 heteroatoms. The summed E-state index contributed by atoms with van der Waals surface area (Å²) in [7, 11) is 1.79. The van der Waals surface area contributed by atoms with Gasteiger partial charge in [-0.2, -0.15) is 5.10 Å². The Kier molecular flexibility index (Phi) is 8.51. The van der Waals surface area contributed by atoms with Crippen LogP contribution in [0.3, 0.4) is 0 Å². The van der Waals surface area contributed by atoms with Crippen molar-refractivity contribution < 1.29 is 14.3 Å². The largest absolute Gasteiger partial charge is 0.460 e. The summed E-state index contributed by atoms with van der Waals surface area (Å²) < 4.78 is 7.34. The molecule has 6 nitrogen and oxygen atoms in total. The van der Waals surface area contributed by atoms with Crippen molar-refractivity contribution in [1.29, 1.82) is 0 Å². The van der Waals surface area contributed by atoms with E-state index in [9.17, 15) is 9.59 Å². The molecule has 0 radical (unpaired) electrons. The summed E-state index contributed by atoms with van der Waals surface area (Å²) in [6.07, 6.45) is 2.10. The zero-order chi connectivity index (χ0) is 20.8. The predicted molar refractivity (Wildman–Crippen MR) is 108 cm³/mol. The van der Waals surface area contributed by atoms with Crippen LogP contribution in [0, 0.1) is 19.8 Å². The van der Waals surface area contributed by atoms with Crippen LogP contribution in [-0.2, 0) is 27.3 Å². The lowest BCUT2D eigenvalue weighted by molar-refractivity contribution is -0.155. The lowest BCUT2D eigenvalue weighted by Gasteiger charge is -2.20. The van der Waals surface area contributed by atoms with E-state index in [2.05, 4.69) is 25.9 Å². The van der Waals surface area contributed by atoms with E-state index in [4.69, 9.17) is 4.74 Å². The molecular weight excluding hydrogens is 342 g/mol. The van der Waals surface area contributed by atoms with Gasteiger partial charge in [0.05, 0.1) is 5.69 Å². The predicted octanol–water partition coefficient (Wildman–Crippen LogP) is 3.67. The van der Waals surface area contributed by atoms with E-state index in [0.717, 1.165) is 17.9 Å². The average molecular weight is 380 g/mol. The molecule has 27 heavy (non-hydrogen) atoms. The van der Waals surface area contributed by atoms with Gasteiger partial charge in [0.15, 0.2) is 0 Å². The van der Waals surface area contributed by atoms with Crippen LogP contribution < -0.4 is 0 Å². The summed E-state index contributed by atoms with van der Waals surface area (Å²) in [5.41, 5.74) is 2.87. The first kappa shape index (κ1) is 23.2. The van der Waals surface area contributed by atoms with E-state index in [1.807, 2.05) is 32.4 Å². The highest BCUT2D eigenvalue weighted by molar-refractivity contribution is 5.76. The lowest BCUT2D eigenvalue weighted by Crippen LogP contribution is -2.29. The Morgan fingerprint density at radius 1 is 1.19 bits per heavy atom. The third-order valence-electron chi connectivity index (χ3n) is 4.38. The van der Waals surface area contributed by atoms with Gasteiger partial charge in [-0.3, -0.25) is 14.3 Å². The molecule has 1 aromatic heterocycles. The molecule has 0 aromatic carbocycles. The minimum Gasteiger partial charge on any atom is -0.460 e. The van der Waals surface area contributed by atoms with E-state index in [1.165, 1.54) is 5.56 Å². The van der Waals surface area contributed by atoms with Gasteiger partial charge in [-0.05, 0) is 58.9 Å². The number of amides is 1. The fourth-order valence-electron chi connectivity index (χ4n) is 3.02. The first-order chi connectivity index (χ1) is 12.4. The van der Waals surface area contributed by atoms with Crippen molar-refractivity contribution in [2.75, 3.05) is 13.6 Å². The van der Waals surface area contributed by atoms with Crippen LogP contribution in [0.4, 0.5) is 0 Å². The molecule has 0 N–H and O–H groups in total. The van der Waals surface area contributed by atoms with Crippen LogP contribution in [0.25, 0.3) is 0 Å². The average Bonchev–Trinajstić information content (AvgIpc) is 2.76. The Hall–Kier alpha value is -1.85. The van der Waals surface area contributed by atoms with Crippen LogP contribution in [0.1, 0.15) is 70.8 Å². The molecule has 0 aliphatic heterocycles. The van der Waals surface area contributed by atoms with Crippen molar-refractivity contribution in [3.63, 3.8) is 0 Å². The van der Waals surface area contributed by atoms with Crippen LogP contribution in [0.15, 0.2) is 0 Å². The number of carbonyl (C=O) groups excluding carboxylic acids is 2. The normalized spacial score (nSPS) is 11.7. The van der Waals surface area contributed by atoms with Crippen molar-refractivity contribution in [1.82, 2.24) is 14.7 Å². The van der Waals surface area contributed by atoms with Gasteiger partial charge in [-0.25, -0.2) is 0 Å². The van der Waals surface area contributed by atoms with Gasteiger partial charge >= 0.3 is 5.97 Å². The number of hydrogen-bond acceptors (Lipinski definition) is 4. The Morgan fingerprint density at radius 3 is 2.37 bits per heavy atom. The van der Waals surface area contributed by atoms with Gasteiger partial charge in [0, 0.05) is 38.7 Å². The van der Waals surface area contributed by atoms with Crippen LogP contribution >= 0.6 is 0 Å². The second kappa shape index (κ2) is 9.90. The van der Waals surface area contributed by atoms with Gasteiger partial charge in [-0.15, -0.1) is 0 Å². The monoisotopic (exact) mass is 379 g/mol. The smallest absolute Gasteiger partial charge is 0.306 e. The van der Waals surface area contributed by atoms with E-state index < -0.39 is 5.60 Å². The van der Waals surface area contributed by atoms with Gasteiger partial charge in [0.1, 0.15) is 5.60 Å². The van der Waals surface area contributed by atoms with Crippen LogP contribution in [-0.4, -0.2) is 45.8 Å². The number of nitrogens with zero attached hydrogens (tertiary/aromatic N) is 3. The molecule has 0 fully saturated rings. The van der Waals surface area contributed by atoms with Crippen molar-refractivity contribution >= 4 is 11.9 Å². The van der Waals surface area contributed by atoms with Crippen molar-refractivity contribution in [2.45, 2.75) is 86.3 Å². The Balaban J connectivity index is 2.46. The van der Waals surface area contributed by atoms with E-state index in [-0.39, 0.29) is 11.9 Å². The highest BCUT2D eigenvalue weighted by atomic mass is 16.6. The van der Waals surface area contributed by atoms with Crippen molar-refractivity contribution in [3.05, 3.63) is 17.0 Å². The number of aromatic nitrogens is 2. The first-order valence-corrected chi connectivity index (χ1v) is 9.89. The summed E-state index contributed by atoms with van der Waals surface area (Å²) in [6.45, 7) is 15.4. The Morgan fingerprint density at radius 2 is 1.81 bits per heavy atom. The Labute approximate surface area is 164 Å². The molecule has 0 atom stereocenters. The summed E-state index contributed by atoms with van der Waals surface area (Å²) in [5, 5.41) is 4.61. The maximum atomic E-state index is 12.4. The zero-order valence-corrected chi connectivity index (χ0v) is 18.4. The Bertz CT molecular complexity index is 642. The third-order valence-corrected chi connectivity index (χ3v) is 4.38. The number of aryl methyl sites for hydroxylation is 1. The molecule has 0 saturated carbocycles. The molecule has 0 aliphatic carbocycles. The number of rotatable bonds is 9. The highest BCUT2D eigenvalue weighted by Gasteiger charge is 2.18. The molecule has 1 amide bonds. The van der Waals surface area contributed by atoms with Crippen molar-refractivity contribution in [3.8, 4) is 0 Å². The molecule has 1 rings (SSSR count). The zero-order valence-electron chi connectivity index (χ0n) is 18.4. The number of esters is 1. The first-order valence-electron chi connectivity index (χ1n) is 9.89. The molecule has 154 valence electrons. The maximum absolute atomic E-state index is 12.4. The topological polar surface area (TPSA) is 64.4 Å². The second-order valence-corrected chi connectivity index (χ2v) is 8.73. The standard InChI is InChI=1S/C21H37N3O3/c1-15(2)14-24-17(4)18(16(3)22-24)11-12-19(25)23(8)13-9-10-20(26)27-21(5,6)7/h15H,9-14H2,1-8H3. The second-order valence-electron chi connectivity index (χ2n) is 8.73. The highest BCUT2D eigenvalue weighted by Crippen LogP contribution is 2.17. The summed E-state index contributed by atoms with van der Waals surface area (Å²) in [4.78, 5) is 25.9. The molecule has 1 aromatic rings. The van der Waals surface area contributed by atoms with E-state index in [1.54, 1.807) is 11.9 Å². The fraction of sp³-hybridized carbons (Fsp3) is 0.762. The maximum Gasteiger partial charge on any atom is 0.306 e. The molecule has 0 unspecified atom stereocenters. The summed E-state index contributed by atoms with van der Waals surface area (Å²) >= 11 is 0. The molecule has 0 saturated heterocycles. The summed E-state index contributed by atoms with van der Waals surface area (Å²) in [5.74, 6) is 0.412. The number of ether oxygens (including phenoxy) is 1. The lowest BCUT2D eigenvalue weighted by atomic mass is 10.1. The molecule has 0 spiro atoms. The SMILES string of the molecule is Cc1nn(CC(C)C)c(C)c1CCC(=O)N(C)CCCC(=O)OC(C)(C)C. The van der Waals surface area contributed by atoms with Crippen LogP contribution in [0.5, 0.6) is 0 Å². The molecule has 0 bridgehead atoms. The van der Waals surface area contributed by atoms with Gasteiger partial charge < -0.3 is 9.64 Å². The van der Waals surface area contributed by atoms with Crippen LogP contribution in [0.2, 0.25) is 0 Å². The van der Waals surface area contributed by atoms with Gasteiger partial charge in [0.2, 0.25) is 5.91 Å². The van der Waals surface area contributed by atoms with E-state index >= 15 is 0 Å². The van der Waals surface area contributed by atoms with Crippen molar-refractivity contribution in [2.24, 2.45) is 5.92 Å². The molecule has 0 aliphatic rings. The quantitative estimate of drug-likeness (QED) is 0.614. The summed E-state index contributed by atoms with van der Waals surface area (Å²) in [6, 6.07) is 0. The number of hydrogen-bond donors (Lipinski definition) is 0. The van der Waals surface area contributed by atoms with E-state index in [0.29, 0.717) is 38.1 Å². The fourth-order valence-corrected chi connectivity index (χ4v) is 3.02. The molecular formula is C21H37N3O3. The molecule has 1 heterocycles.